The fourth-order valence-corrected chi connectivity index (χ4v) is 2.56. The standard InChI is InChI=1S/C16H11BrCl3F3N2O/c17-11-6-4-9(5-7-11)13(26)25-14(15(18,19)20)24-12-3-1-2-10(8-12)16(21,22)23/h1-8,14,24H,(H,25,26)/t14-/m1/s1. The van der Waals surface area contributed by atoms with Gasteiger partial charge in [0.25, 0.3) is 5.91 Å². The van der Waals surface area contributed by atoms with Crippen LogP contribution >= 0.6 is 50.7 Å². The summed E-state index contributed by atoms with van der Waals surface area (Å²) in [6.07, 6.45) is -5.79. The topological polar surface area (TPSA) is 41.1 Å². The van der Waals surface area contributed by atoms with Crippen molar-refractivity contribution in [2.75, 3.05) is 5.32 Å². The fraction of sp³-hybridized carbons (Fsp3) is 0.188. The number of carbonyl (C=O) groups excluding carboxylic acids is 1. The van der Waals surface area contributed by atoms with Crippen molar-refractivity contribution in [3.05, 3.63) is 64.1 Å². The molecule has 0 aliphatic rings. The van der Waals surface area contributed by atoms with Crippen LogP contribution < -0.4 is 10.6 Å². The Kier molecular flexibility index (Phi) is 6.71. The van der Waals surface area contributed by atoms with E-state index in [2.05, 4.69) is 26.6 Å². The number of benzene rings is 2. The van der Waals surface area contributed by atoms with Crippen LogP contribution in [0.25, 0.3) is 0 Å². The molecule has 26 heavy (non-hydrogen) atoms. The minimum absolute atomic E-state index is 0.0345. The molecule has 10 heteroatoms. The Hall–Kier alpha value is -1.15. The van der Waals surface area contributed by atoms with Crippen LogP contribution in [0, 0.1) is 0 Å². The zero-order chi connectivity index (χ0) is 19.5. The van der Waals surface area contributed by atoms with Crippen LogP contribution in [-0.2, 0) is 6.18 Å². The molecule has 140 valence electrons. The highest BCUT2D eigenvalue weighted by atomic mass is 79.9. The first-order valence-electron chi connectivity index (χ1n) is 7.04. The maximum absolute atomic E-state index is 12.8. The minimum atomic E-state index is -4.52. The van der Waals surface area contributed by atoms with E-state index in [1.807, 2.05) is 0 Å². The lowest BCUT2D eigenvalue weighted by molar-refractivity contribution is -0.137. The molecule has 0 bridgehead atoms. The maximum atomic E-state index is 12.8. The van der Waals surface area contributed by atoms with Crippen molar-refractivity contribution < 1.29 is 18.0 Å². The average Bonchev–Trinajstić information content (AvgIpc) is 2.53. The number of alkyl halides is 6. The van der Waals surface area contributed by atoms with Crippen molar-refractivity contribution in [3.8, 4) is 0 Å². The lowest BCUT2D eigenvalue weighted by Gasteiger charge is -2.27. The van der Waals surface area contributed by atoms with E-state index in [9.17, 15) is 18.0 Å². The molecule has 0 saturated carbocycles. The van der Waals surface area contributed by atoms with Crippen molar-refractivity contribution in [2.45, 2.75) is 16.1 Å². The molecular formula is C16H11BrCl3F3N2O. The molecule has 0 heterocycles. The summed E-state index contributed by atoms with van der Waals surface area (Å²) in [6, 6.07) is 10.7. The third-order valence-electron chi connectivity index (χ3n) is 3.21. The highest BCUT2D eigenvalue weighted by Gasteiger charge is 2.35. The molecule has 2 rings (SSSR count). The molecule has 2 N–H and O–H groups in total. The molecule has 0 aromatic heterocycles. The van der Waals surface area contributed by atoms with Crippen LogP contribution in [0.2, 0.25) is 0 Å². The molecule has 0 radical (unpaired) electrons. The van der Waals surface area contributed by atoms with Gasteiger partial charge in [0.2, 0.25) is 3.79 Å². The van der Waals surface area contributed by atoms with E-state index in [0.717, 1.165) is 16.6 Å². The van der Waals surface area contributed by atoms with E-state index in [4.69, 9.17) is 34.8 Å². The molecule has 0 fully saturated rings. The van der Waals surface area contributed by atoms with E-state index >= 15 is 0 Å². The van der Waals surface area contributed by atoms with Gasteiger partial charge in [-0.25, -0.2) is 0 Å². The van der Waals surface area contributed by atoms with Crippen LogP contribution in [0.15, 0.2) is 53.0 Å². The zero-order valence-electron chi connectivity index (χ0n) is 12.8. The SMILES string of the molecule is O=C(N[C@@H](Nc1cccc(C(F)(F)F)c1)C(Cl)(Cl)Cl)c1ccc(Br)cc1. The van der Waals surface area contributed by atoms with Gasteiger partial charge < -0.3 is 10.6 Å². The van der Waals surface area contributed by atoms with Gasteiger partial charge >= 0.3 is 6.18 Å². The lowest BCUT2D eigenvalue weighted by Crippen LogP contribution is -2.49. The van der Waals surface area contributed by atoms with Crippen LogP contribution in [0.3, 0.4) is 0 Å². The summed E-state index contributed by atoms with van der Waals surface area (Å²) < 4.78 is 37.2. The zero-order valence-corrected chi connectivity index (χ0v) is 16.6. The van der Waals surface area contributed by atoms with Gasteiger partial charge in [-0.05, 0) is 42.5 Å². The molecule has 3 nitrogen and oxygen atoms in total. The second-order valence-electron chi connectivity index (χ2n) is 5.18. The molecule has 0 unspecified atom stereocenters. The van der Waals surface area contributed by atoms with Gasteiger partial charge in [0.05, 0.1) is 5.56 Å². The van der Waals surface area contributed by atoms with Crippen molar-refractivity contribution >= 4 is 62.3 Å². The van der Waals surface area contributed by atoms with E-state index in [-0.39, 0.29) is 5.69 Å². The second kappa shape index (κ2) is 8.25. The molecule has 1 atom stereocenters. The third kappa shape index (κ3) is 5.94. The first-order valence-corrected chi connectivity index (χ1v) is 8.96. The van der Waals surface area contributed by atoms with Crippen LogP contribution in [0.5, 0.6) is 0 Å². The van der Waals surface area contributed by atoms with Crippen molar-refractivity contribution in [2.24, 2.45) is 0 Å². The minimum Gasteiger partial charge on any atom is -0.362 e. The number of nitrogens with one attached hydrogen (secondary N) is 2. The first kappa shape index (κ1) is 21.2. The van der Waals surface area contributed by atoms with Gasteiger partial charge in [-0.1, -0.05) is 56.8 Å². The van der Waals surface area contributed by atoms with Crippen LogP contribution in [-0.4, -0.2) is 15.9 Å². The van der Waals surface area contributed by atoms with Gasteiger partial charge in [-0.3, -0.25) is 4.79 Å². The fourth-order valence-electron chi connectivity index (χ4n) is 1.97. The Morgan fingerprint density at radius 2 is 1.65 bits per heavy atom. The van der Waals surface area contributed by atoms with Gasteiger partial charge in [0, 0.05) is 15.7 Å². The van der Waals surface area contributed by atoms with Crippen LogP contribution in [0.1, 0.15) is 15.9 Å². The molecule has 0 saturated heterocycles. The van der Waals surface area contributed by atoms with E-state index in [1.165, 1.54) is 12.1 Å². The number of hydrogen-bond acceptors (Lipinski definition) is 2. The number of amides is 1. The van der Waals surface area contributed by atoms with E-state index in [1.54, 1.807) is 24.3 Å². The summed E-state index contributed by atoms with van der Waals surface area (Å²) in [4.78, 5) is 12.3. The highest BCUT2D eigenvalue weighted by molar-refractivity contribution is 9.10. The summed E-state index contributed by atoms with van der Waals surface area (Å²) in [5.41, 5.74) is -0.546. The van der Waals surface area contributed by atoms with Crippen LogP contribution in [0.4, 0.5) is 18.9 Å². The number of halogens is 7. The summed E-state index contributed by atoms with van der Waals surface area (Å²) in [6.45, 7) is 0. The largest absolute Gasteiger partial charge is 0.416 e. The Bertz CT molecular complexity index is 780. The van der Waals surface area contributed by atoms with E-state index in [0.29, 0.717) is 5.56 Å². The molecule has 2 aromatic carbocycles. The maximum Gasteiger partial charge on any atom is 0.416 e. The molecule has 0 spiro atoms. The molecule has 1 amide bonds. The first-order chi connectivity index (χ1) is 12.0. The van der Waals surface area contributed by atoms with Gasteiger partial charge in [0.1, 0.15) is 6.17 Å². The number of rotatable bonds is 4. The van der Waals surface area contributed by atoms with Gasteiger partial charge in [0.15, 0.2) is 0 Å². The summed E-state index contributed by atoms with van der Waals surface area (Å²) >= 11 is 20.8. The quantitative estimate of drug-likeness (QED) is 0.407. The molecule has 0 aliphatic heterocycles. The van der Waals surface area contributed by atoms with Gasteiger partial charge in [-0.2, -0.15) is 13.2 Å². The predicted molar refractivity (Wildman–Crippen MR) is 101 cm³/mol. The third-order valence-corrected chi connectivity index (χ3v) is 4.39. The highest BCUT2D eigenvalue weighted by Crippen LogP contribution is 2.34. The number of carbonyl (C=O) groups is 1. The Morgan fingerprint density at radius 3 is 2.19 bits per heavy atom. The number of hydrogen-bond donors (Lipinski definition) is 2. The monoisotopic (exact) mass is 488 g/mol. The predicted octanol–water partition coefficient (Wildman–Crippen LogP) is 6.01. The second-order valence-corrected chi connectivity index (χ2v) is 8.46. The Balaban J connectivity index is 2.21. The summed E-state index contributed by atoms with van der Waals surface area (Å²) in [7, 11) is 0. The van der Waals surface area contributed by atoms with Crippen molar-refractivity contribution in [3.63, 3.8) is 0 Å². The van der Waals surface area contributed by atoms with Crippen molar-refractivity contribution in [1.29, 1.82) is 0 Å². The lowest BCUT2D eigenvalue weighted by atomic mass is 10.2. The Labute approximate surface area is 170 Å². The Morgan fingerprint density at radius 1 is 1.04 bits per heavy atom. The van der Waals surface area contributed by atoms with Gasteiger partial charge in [-0.15, -0.1) is 0 Å². The van der Waals surface area contributed by atoms with Crippen molar-refractivity contribution in [1.82, 2.24) is 5.32 Å². The average molecular weight is 491 g/mol. The molecule has 2 aromatic rings. The van der Waals surface area contributed by atoms with E-state index < -0.39 is 27.6 Å². The smallest absolute Gasteiger partial charge is 0.362 e. The molecule has 0 aliphatic carbocycles. The number of anilines is 1. The molecular weight excluding hydrogens is 479 g/mol. The summed E-state index contributed by atoms with van der Waals surface area (Å²) in [5, 5.41) is 5.06. The summed E-state index contributed by atoms with van der Waals surface area (Å²) in [5.74, 6) is -0.562. The normalized spacial score (nSPS) is 13.2.